The Morgan fingerprint density at radius 3 is 2.70 bits per heavy atom. The number of benzene rings is 1. The molecule has 5 nitrogen and oxygen atoms in total. The van der Waals surface area contributed by atoms with Gasteiger partial charge < -0.3 is 20.5 Å². The number of methoxy groups -OCH3 is 1. The molecule has 0 heterocycles. The molecule has 0 unspecified atom stereocenters. The highest BCUT2D eigenvalue weighted by atomic mass is 35.5. The molecule has 0 bridgehead atoms. The van der Waals surface area contributed by atoms with Crippen LogP contribution in [0.1, 0.15) is 10.4 Å². The van der Waals surface area contributed by atoms with Gasteiger partial charge in [-0.1, -0.05) is 11.6 Å². The summed E-state index contributed by atoms with van der Waals surface area (Å²) in [6, 6.07) is 2.64. The molecule has 0 aromatic heterocycles. The highest BCUT2D eigenvalue weighted by Gasteiger charge is 2.23. The zero-order valence-electron chi connectivity index (χ0n) is 10.8. The van der Waals surface area contributed by atoms with E-state index in [1.54, 1.807) is 0 Å². The van der Waals surface area contributed by atoms with E-state index in [4.69, 9.17) is 22.4 Å². The van der Waals surface area contributed by atoms with E-state index < -0.39 is 18.9 Å². The summed E-state index contributed by atoms with van der Waals surface area (Å²) in [5, 5.41) is 9.01. The van der Waals surface area contributed by atoms with Crippen molar-refractivity contribution in [3.8, 4) is 0 Å². The van der Waals surface area contributed by atoms with Crippen molar-refractivity contribution in [2.24, 2.45) is 0 Å². The Bertz CT molecular complexity index is 486. The second kappa shape index (κ2) is 7.25. The fourth-order valence-corrected chi connectivity index (χ4v) is 2.14. The van der Waals surface area contributed by atoms with Crippen LogP contribution in [0.25, 0.3) is 0 Å². The number of nitrogens with two attached hydrogens (primary N) is 1. The number of alkyl halides is 2. The Morgan fingerprint density at radius 2 is 2.20 bits per heavy atom. The Morgan fingerprint density at radius 1 is 1.55 bits per heavy atom. The number of ether oxygens (including phenoxy) is 1. The standard InChI is InChI=1S/C12H15ClF2N2O3/c1-20-12(19)8-4-7(16)5-9(13)11(8)17(2-3-18)6-10(14)15/h4-5,10,18H,2-3,6,16H2,1H3. The Hall–Kier alpha value is -1.60. The first-order valence-corrected chi connectivity index (χ1v) is 6.09. The molecule has 1 aromatic carbocycles. The third kappa shape index (κ3) is 3.94. The van der Waals surface area contributed by atoms with Gasteiger partial charge in [-0.15, -0.1) is 0 Å². The Kier molecular flexibility index (Phi) is 5.97. The minimum Gasteiger partial charge on any atom is -0.465 e. The van der Waals surface area contributed by atoms with Gasteiger partial charge in [0.2, 0.25) is 0 Å². The lowest BCUT2D eigenvalue weighted by Crippen LogP contribution is -2.33. The van der Waals surface area contributed by atoms with Crippen molar-refractivity contribution in [3.63, 3.8) is 0 Å². The third-order valence-electron chi connectivity index (χ3n) is 2.54. The topological polar surface area (TPSA) is 75.8 Å². The number of halogens is 3. The van der Waals surface area contributed by atoms with E-state index in [-0.39, 0.29) is 35.1 Å². The molecule has 20 heavy (non-hydrogen) atoms. The monoisotopic (exact) mass is 308 g/mol. The predicted octanol–water partition coefficient (Wildman–Crippen LogP) is 1.77. The molecule has 0 radical (unpaired) electrons. The molecule has 0 saturated heterocycles. The number of carbonyl (C=O) groups excluding carboxylic acids is 1. The second-order valence-corrected chi connectivity index (χ2v) is 4.36. The van der Waals surface area contributed by atoms with Crippen LogP contribution in [0.4, 0.5) is 20.2 Å². The first kappa shape index (κ1) is 16.5. The summed E-state index contributed by atoms with van der Waals surface area (Å²) < 4.78 is 29.8. The van der Waals surface area contributed by atoms with Crippen LogP contribution in [0.3, 0.4) is 0 Å². The minimum absolute atomic E-state index is 0.0217. The van der Waals surface area contributed by atoms with E-state index in [9.17, 15) is 13.6 Å². The largest absolute Gasteiger partial charge is 0.465 e. The first-order valence-electron chi connectivity index (χ1n) is 5.72. The van der Waals surface area contributed by atoms with Gasteiger partial charge in [-0.2, -0.15) is 0 Å². The molecular formula is C12H15ClF2N2O3. The molecule has 0 fully saturated rings. The molecule has 0 spiro atoms. The number of esters is 1. The fourth-order valence-electron chi connectivity index (χ4n) is 1.79. The molecule has 1 aromatic rings. The van der Waals surface area contributed by atoms with Crippen LogP contribution < -0.4 is 10.6 Å². The molecule has 0 saturated carbocycles. The van der Waals surface area contributed by atoms with E-state index in [0.29, 0.717) is 0 Å². The summed E-state index contributed by atoms with van der Waals surface area (Å²) >= 11 is 5.99. The van der Waals surface area contributed by atoms with Crippen molar-refractivity contribution in [3.05, 3.63) is 22.7 Å². The van der Waals surface area contributed by atoms with Crippen molar-refractivity contribution in [1.29, 1.82) is 0 Å². The quantitative estimate of drug-likeness (QED) is 0.619. The minimum atomic E-state index is -2.65. The Labute approximate surface area is 119 Å². The lowest BCUT2D eigenvalue weighted by Gasteiger charge is -2.26. The van der Waals surface area contributed by atoms with Crippen LogP contribution in [0.15, 0.2) is 12.1 Å². The van der Waals surface area contributed by atoms with Crippen LogP contribution in [-0.2, 0) is 4.74 Å². The summed E-state index contributed by atoms with van der Waals surface area (Å²) in [5.41, 5.74) is 5.85. The number of anilines is 2. The lowest BCUT2D eigenvalue weighted by atomic mass is 10.1. The van der Waals surface area contributed by atoms with Crippen molar-refractivity contribution < 1.29 is 23.4 Å². The van der Waals surface area contributed by atoms with E-state index in [0.717, 1.165) is 12.0 Å². The fraction of sp³-hybridized carbons (Fsp3) is 0.417. The average molecular weight is 309 g/mol. The van der Waals surface area contributed by atoms with Gasteiger partial charge in [-0.3, -0.25) is 0 Å². The molecule has 0 atom stereocenters. The van der Waals surface area contributed by atoms with Crippen LogP contribution in [0.2, 0.25) is 5.02 Å². The van der Waals surface area contributed by atoms with Gasteiger partial charge in [0, 0.05) is 12.2 Å². The van der Waals surface area contributed by atoms with Gasteiger partial charge >= 0.3 is 5.97 Å². The highest BCUT2D eigenvalue weighted by Crippen LogP contribution is 2.33. The smallest absolute Gasteiger partial charge is 0.340 e. The Balaban J connectivity index is 3.34. The predicted molar refractivity (Wildman–Crippen MR) is 72.5 cm³/mol. The number of carbonyl (C=O) groups is 1. The van der Waals surface area contributed by atoms with Crippen molar-refractivity contribution in [2.75, 3.05) is 37.4 Å². The van der Waals surface area contributed by atoms with Crippen LogP contribution in [0, 0.1) is 0 Å². The number of hydrogen-bond acceptors (Lipinski definition) is 5. The zero-order chi connectivity index (χ0) is 15.3. The summed E-state index contributed by atoms with van der Waals surface area (Å²) in [5.74, 6) is -0.744. The van der Waals surface area contributed by atoms with Crippen LogP contribution in [0.5, 0.6) is 0 Å². The summed E-state index contributed by atoms with van der Waals surface area (Å²) in [6.45, 7) is -1.14. The number of hydrogen-bond donors (Lipinski definition) is 2. The van der Waals surface area contributed by atoms with Gasteiger partial charge in [-0.05, 0) is 12.1 Å². The maximum Gasteiger partial charge on any atom is 0.340 e. The SMILES string of the molecule is COC(=O)c1cc(N)cc(Cl)c1N(CCO)CC(F)F. The van der Waals surface area contributed by atoms with Gasteiger partial charge in [0.15, 0.2) is 0 Å². The number of nitrogen functional groups attached to an aromatic ring is 1. The van der Waals surface area contributed by atoms with Crippen molar-refractivity contribution in [2.45, 2.75) is 6.43 Å². The van der Waals surface area contributed by atoms with Crippen LogP contribution in [-0.4, -0.2) is 44.3 Å². The summed E-state index contributed by atoms with van der Waals surface area (Å²) in [7, 11) is 1.16. The molecular weight excluding hydrogens is 294 g/mol. The zero-order valence-corrected chi connectivity index (χ0v) is 11.5. The van der Waals surface area contributed by atoms with Gasteiger partial charge in [0.1, 0.15) is 0 Å². The highest BCUT2D eigenvalue weighted by molar-refractivity contribution is 6.34. The molecule has 0 aliphatic carbocycles. The summed E-state index contributed by atoms with van der Waals surface area (Å²) in [6.07, 6.45) is -2.65. The van der Waals surface area contributed by atoms with Crippen LogP contribution >= 0.6 is 11.6 Å². The average Bonchev–Trinajstić information content (AvgIpc) is 2.36. The molecule has 8 heteroatoms. The van der Waals surface area contributed by atoms with Crippen molar-refractivity contribution in [1.82, 2.24) is 0 Å². The number of aliphatic hydroxyl groups excluding tert-OH is 1. The van der Waals surface area contributed by atoms with Gasteiger partial charge in [-0.25, -0.2) is 13.6 Å². The molecule has 0 aliphatic rings. The maximum atomic E-state index is 12.6. The van der Waals surface area contributed by atoms with Crippen molar-refractivity contribution >= 4 is 28.9 Å². The molecule has 3 N–H and O–H groups in total. The van der Waals surface area contributed by atoms with E-state index in [1.807, 2.05) is 0 Å². The normalized spacial score (nSPS) is 10.7. The first-order chi connectivity index (χ1) is 9.40. The number of nitrogens with zero attached hydrogens (tertiary/aromatic N) is 1. The molecule has 1 rings (SSSR count). The second-order valence-electron chi connectivity index (χ2n) is 3.95. The van der Waals surface area contributed by atoms with E-state index >= 15 is 0 Å². The molecule has 0 amide bonds. The van der Waals surface area contributed by atoms with E-state index in [1.165, 1.54) is 12.1 Å². The van der Waals surface area contributed by atoms with Gasteiger partial charge in [0.25, 0.3) is 6.43 Å². The number of aliphatic hydroxyl groups is 1. The maximum absolute atomic E-state index is 12.6. The lowest BCUT2D eigenvalue weighted by molar-refractivity contribution is 0.0600. The number of rotatable bonds is 6. The van der Waals surface area contributed by atoms with Gasteiger partial charge in [0.05, 0.1) is 36.5 Å². The summed E-state index contributed by atoms with van der Waals surface area (Å²) in [4.78, 5) is 12.8. The van der Waals surface area contributed by atoms with E-state index in [2.05, 4.69) is 4.74 Å². The molecule has 0 aliphatic heterocycles. The third-order valence-corrected chi connectivity index (χ3v) is 2.82. The molecule has 112 valence electrons.